The maximum Gasteiger partial charge on any atom is 0.275 e. The molecule has 0 spiro atoms. The lowest BCUT2D eigenvalue weighted by atomic mass is 10.1. The summed E-state index contributed by atoms with van der Waals surface area (Å²) >= 11 is 0. The van der Waals surface area contributed by atoms with E-state index in [1.807, 2.05) is 0 Å². The average molecular weight is 239 g/mol. The second-order valence-electron chi connectivity index (χ2n) is 3.10. The molecule has 1 aromatic carbocycles. The molecule has 17 heavy (non-hydrogen) atoms. The second-order valence-corrected chi connectivity index (χ2v) is 3.10. The third kappa shape index (κ3) is 4.55. The molecule has 0 fully saturated rings. The minimum absolute atomic E-state index is 0.0207. The standard InChI is InChI=1S/C10H10FNO3.C2H4/c1-2-9(13)5-7-3-4-8(11)6-10(7)12(14)15;1-2/h3-4,6H,2,5H2,1H3;1-2H2. The lowest BCUT2D eigenvalue weighted by Crippen LogP contribution is -2.04. The van der Waals surface area contributed by atoms with E-state index in [1.54, 1.807) is 6.92 Å². The van der Waals surface area contributed by atoms with E-state index in [0.717, 1.165) is 12.1 Å². The SMILES string of the molecule is C=C.CCC(=O)Cc1ccc(F)cc1[N+](=O)[O-]. The lowest BCUT2D eigenvalue weighted by Gasteiger charge is -2.01. The summed E-state index contributed by atoms with van der Waals surface area (Å²) in [6.45, 7) is 7.68. The number of benzene rings is 1. The first-order valence-electron chi connectivity index (χ1n) is 4.99. The van der Waals surface area contributed by atoms with Gasteiger partial charge in [0.05, 0.1) is 11.0 Å². The van der Waals surface area contributed by atoms with E-state index in [-0.39, 0.29) is 23.5 Å². The molecule has 1 rings (SSSR count). The number of ketones is 1. The molecule has 0 aliphatic carbocycles. The largest absolute Gasteiger partial charge is 0.299 e. The van der Waals surface area contributed by atoms with E-state index < -0.39 is 10.7 Å². The maximum atomic E-state index is 12.7. The summed E-state index contributed by atoms with van der Waals surface area (Å²) in [6.07, 6.45) is 0.293. The molecule has 0 heterocycles. The van der Waals surface area contributed by atoms with Gasteiger partial charge in [0, 0.05) is 18.4 Å². The van der Waals surface area contributed by atoms with Crippen LogP contribution in [0.3, 0.4) is 0 Å². The molecule has 0 aromatic heterocycles. The predicted molar refractivity (Wildman–Crippen MR) is 63.3 cm³/mol. The molecular weight excluding hydrogens is 225 g/mol. The Bertz CT molecular complexity index is 418. The number of nitro benzene ring substituents is 1. The van der Waals surface area contributed by atoms with Gasteiger partial charge in [0.2, 0.25) is 0 Å². The maximum absolute atomic E-state index is 12.7. The molecular formula is C12H14FNO3. The summed E-state index contributed by atoms with van der Waals surface area (Å²) in [5.74, 6) is -0.779. The Morgan fingerprint density at radius 3 is 2.53 bits per heavy atom. The molecule has 0 N–H and O–H groups in total. The van der Waals surface area contributed by atoms with Gasteiger partial charge in [-0.3, -0.25) is 14.9 Å². The van der Waals surface area contributed by atoms with Crippen LogP contribution in [0.5, 0.6) is 0 Å². The topological polar surface area (TPSA) is 60.2 Å². The number of hydrogen-bond donors (Lipinski definition) is 0. The molecule has 92 valence electrons. The fraction of sp³-hybridized carbons (Fsp3) is 0.250. The molecule has 0 radical (unpaired) electrons. The molecule has 5 heteroatoms. The van der Waals surface area contributed by atoms with Crippen LogP contribution >= 0.6 is 0 Å². The summed E-state index contributed by atoms with van der Waals surface area (Å²) in [4.78, 5) is 21.0. The van der Waals surface area contributed by atoms with Gasteiger partial charge in [0.15, 0.2) is 0 Å². The average Bonchev–Trinajstić information content (AvgIpc) is 2.33. The Morgan fingerprint density at radius 1 is 1.47 bits per heavy atom. The first kappa shape index (κ1) is 15.0. The van der Waals surface area contributed by atoms with Crippen LogP contribution in [0.4, 0.5) is 10.1 Å². The lowest BCUT2D eigenvalue weighted by molar-refractivity contribution is -0.385. The molecule has 0 bridgehead atoms. The zero-order chi connectivity index (χ0) is 13.4. The van der Waals surface area contributed by atoms with Crippen LogP contribution in [0.1, 0.15) is 18.9 Å². The number of carbonyl (C=O) groups excluding carboxylic acids is 1. The summed E-state index contributed by atoms with van der Waals surface area (Å²) in [7, 11) is 0. The van der Waals surface area contributed by atoms with Crippen molar-refractivity contribution in [1.82, 2.24) is 0 Å². The number of halogens is 1. The summed E-state index contributed by atoms with van der Waals surface area (Å²) in [5.41, 5.74) is -0.0787. The molecule has 0 atom stereocenters. The van der Waals surface area contributed by atoms with Crippen molar-refractivity contribution in [3.63, 3.8) is 0 Å². The van der Waals surface area contributed by atoms with Crippen LogP contribution in [0, 0.1) is 15.9 Å². The number of carbonyl (C=O) groups is 1. The smallest absolute Gasteiger partial charge is 0.275 e. The third-order valence-corrected chi connectivity index (χ3v) is 2.03. The second kappa shape index (κ2) is 7.27. The van der Waals surface area contributed by atoms with Crippen LogP contribution in [0.2, 0.25) is 0 Å². The highest BCUT2D eigenvalue weighted by molar-refractivity contribution is 5.81. The van der Waals surface area contributed by atoms with Crippen LogP contribution in [-0.4, -0.2) is 10.7 Å². The Kier molecular flexibility index (Phi) is 6.40. The van der Waals surface area contributed by atoms with Crippen molar-refractivity contribution >= 4 is 11.5 Å². The van der Waals surface area contributed by atoms with Crippen molar-refractivity contribution in [3.8, 4) is 0 Å². The highest BCUT2D eigenvalue weighted by atomic mass is 19.1. The van der Waals surface area contributed by atoms with Crippen molar-refractivity contribution in [2.45, 2.75) is 19.8 Å². The fourth-order valence-corrected chi connectivity index (χ4v) is 1.19. The molecule has 1 aromatic rings. The Hall–Kier alpha value is -2.04. The Labute approximate surface area is 98.9 Å². The van der Waals surface area contributed by atoms with Crippen molar-refractivity contribution in [2.24, 2.45) is 0 Å². The Balaban J connectivity index is 0.00000121. The van der Waals surface area contributed by atoms with Gasteiger partial charge in [-0.2, -0.15) is 0 Å². The quantitative estimate of drug-likeness (QED) is 0.461. The van der Waals surface area contributed by atoms with Crippen molar-refractivity contribution < 1.29 is 14.1 Å². The summed E-state index contributed by atoms with van der Waals surface area (Å²) < 4.78 is 12.7. The summed E-state index contributed by atoms with van der Waals surface area (Å²) in [5, 5.41) is 10.6. The number of hydrogen-bond acceptors (Lipinski definition) is 3. The third-order valence-electron chi connectivity index (χ3n) is 2.03. The number of Topliss-reactive ketones (excluding diaryl/α,β-unsaturated/α-hetero) is 1. The first-order valence-corrected chi connectivity index (χ1v) is 4.99. The highest BCUT2D eigenvalue weighted by Gasteiger charge is 2.16. The van der Waals surface area contributed by atoms with Crippen LogP contribution in [0.15, 0.2) is 31.4 Å². The minimum Gasteiger partial charge on any atom is -0.299 e. The number of nitrogens with zero attached hydrogens (tertiary/aromatic N) is 1. The van der Waals surface area contributed by atoms with Gasteiger partial charge in [-0.15, -0.1) is 13.2 Å². The monoisotopic (exact) mass is 239 g/mol. The van der Waals surface area contributed by atoms with Crippen molar-refractivity contribution in [1.29, 1.82) is 0 Å². The highest BCUT2D eigenvalue weighted by Crippen LogP contribution is 2.20. The van der Waals surface area contributed by atoms with Gasteiger partial charge in [-0.05, 0) is 12.1 Å². The van der Waals surface area contributed by atoms with Crippen LogP contribution < -0.4 is 0 Å². The first-order chi connectivity index (χ1) is 8.04. The molecule has 0 saturated carbocycles. The minimum atomic E-state index is -0.679. The van der Waals surface area contributed by atoms with Crippen molar-refractivity contribution in [3.05, 3.63) is 52.9 Å². The normalized spacial score (nSPS) is 9.06. The fourth-order valence-electron chi connectivity index (χ4n) is 1.19. The van der Waals surface area contributed by atoms with E-state index in [4.69, 9.17) is 0 Å². The van der Waals surface area contributed by atoms with Crippen LogP contribution in [0.25, 0.3) is 0 Å². The van der Waals surface area contributed by atoms with E-state index in [9.17, 15) is 19.3 Å². The van der Waals surface area contributed by atoms with E-state index >= 15 is 0 Å². The molecule has 0 aliphatic rings. The molecule has 4 nitrogen and oxygen atoms in total. The van der Waals surface area contributed by atoms with Gasteiger partial charge in [0.1, 0.15) is 11.6 Å². The van der Waals surface area contributed by atoms with Crippen molar-refractivity contribution in [2.75, 3.05) is 0 Å². The molecule has 0 amide bonds. The van der Waals surface area contributed by atoms with Crippen LogP contribution in [-0.2, 0) is 11.2 Å². The number of nitro groups is 1. The Morgan fingerprint density at radius 2 is 2.06 bits per heavy atom. The summed E-state index contributed by atoms with van der Waals surface area (Å²) in [6, 6.07) is 3.23. The van der Waals surface area contributed by atoms with Gasteiger partial charge >= 0.3 is 0 Å². The molecule has 0 saturated heterocycles. The molecule has 0 aliphatic heterocycles. The molecule has 0 unspecified atom stereocenters. The van der Waals surface area contributed by atoms with Gasteiger partial charge < -0.3 is 0 Å². The predicted octanol–water partition coefficient (Wildman–Crippen LogP) is 3.06. The zero-order valence-corrected chi connectivity index (χ0v) is 9.61. The van der Waals surface area contributed by atoms with E-state index in [2.05, 4.69) is 13.2 Å². The zero-order valence-electron chi connectivity index (χ0n) is 9.61. The van der Waals surface area contributed by atoms with E-state index in [0.29, 0.717) is 6.42 Å². The van der Waals surface area contributed by atoms with Gasteiger partial charge in [-0.25, -0.2) is 4.39 Å². The van der Waals surface area contributed by atoms with Gasteiger partial charge in [-0.1, -0.05) is 6.92 Å². The van der Waals surface area contributed by atoms with Gasteiger partial charge in [0.25, 0.3) is 5.69 Å². The number of rotatable bonds is 4. The van der Waals surface area contributed by atoms with E-state index in [1.165, 1.54) is 6.07 Å².